The number of benzene rings is 1. The topological polar surface area (TPSA) is 96.5 Å². The quantitative estimate of drug-likeness (QED) is 0.528. The number of rotatable bonds is 4. The molecule has 0 spiro atoms. The number of nitrogens with zero attached hydrogens (tertiary/aromatic N) is 5. The monoisotopic (exact) mass is 426 g/mol. The highest BCUT2D eigenvalue weighted by atomic mass is 32.1. The van der Waals surface area contributed by atoms with Gasteiger partial charge in [-0.1, -0.05) is 23.5 Å². The number of carbonyl (C=O) groups excluding carboxylic acids is 1. The van der Waals surface area contributed by atoms with Crippen LogP contribution in [0.25, 0.3) is 27.5 Å². The second-order valence-corrected chi connectivity index (χ2v) is 8.31. The first-order valence-corrected chi connectivity index (χ1v) is 10.7. The lowest BCUT2D eigenvalue weighted by Crippen LogP contribution is -2.07. The molecule has 8 heteroatoms. The van der Waals surface area contributed by atoms with Crippen LogP contribution in [0, 0.1) is 11.3 Å². The van der Waals surface area contributed by atoms with E-state index in [9.17, 15) is 4.79 Å². The summed E-state index contributed by atoms with van der Waals surface area (Å²) in [5.74, 6) is -0.135. The van der Waals surface area contributed by atoms with Gasteiger partial charge in [-0.25, -0.2) is 9.67 Å². The second-order valence-electron chi connectivity index (χ2n) is 7.31. The van der Waals surface area contributed by atoms with Crippen molar-refractivity contribution in [3.05, 3.63) is 65.6 Å². The lowest BCUT2D eigenvalue weighted by Gasteiger charge is -2.14. The van der Waals surface area contributed by atoms with E-state index in [1.165, 1.54) is 18.3 Å². The van der Waals surface area contributed by atoms with Crippen molar-refractivity contribution in [3.8, 4) is 33.6 Å². The van der Waals surface area contributed by atoms with Crippen LogP contribution in [0.1, 0.15) is 23.7 Å². The van der Waals surface area contributed by atoms with Crippen molar-refractivity contribution < 1.29 is 4.79 Å². The summed E-state index contributed by atoms with van der Waals surface area (Å²) in [6.07, 6.45) is 5.55. The number of carbonyl (C=O) groups is 1. The van der Waals surface area contributed by atoms with Crippen LogP contribution in [0.3, 0.4) is 0 Å². The van der Waals surface area contributed by atoms with Crippen molar-refractivity contribution >= 4 is 22.4 Å². The lowest BCUT2D eigenvalue weighted by molar-refractivity contribution is -0.114. The fourth-order valence-electron chi connectivity index (χ4n) is 3.84. The van der Waals surface area contributed by atoms with Crippen molar-refractivity contribution in [1.29, 1.82) is 5.26 Å². The van der Waals surface area contributed by atoms with E-state index in [-0.39, 0.29) is 5.91 Å². The van der Waals surface area contributed by atoms with Gasteiger partial charge in [0.15, 0.2) is 5.13 Å². The Bertz CT molecular complexity index is 1310. The van der Waals surface area contributed by atoms with Crippen LogP contribution in [0.15, 0.2) is 48.8 Å². The third-order valence-corrected chi connectivity index (χ3v) is 6.21. The van der Waals surface area contributed by atoms with E-state index < -0.39 is 0 Å². The number of aromatic nitrogens is 4. The minimum Gasteiger partial charge on any atom is -0.302 e. The van der Waals surface area contributed by atoms with Crippen LogP contribution >= 0.6 is 11.3 Å². The zero-order chi connectivity index (χ0) is 21.4. The molecule has 0 bridgehead atoms. The third kappa shape index (κ3) is 3.49. The molecule has 0 saturated heterocycles. The van der Waals surface area contributed by atoms with Crippen LogP contribution in [-0.4, -0.2) is 25.7 Å². The molecule has 1 amide bonds. The van der Waals surface area contributed by atoms with E-state index in [1.807, 2.05) is 47.3 Å². The molecule has 1 aromatic carbocycles. The van der Waals surface area contributed by atoms with E-state index in [0.717, 1.165) is 57.2 Å². The molecule has 1 aliphatic carbocycles. The number of fused-ring (bicyclic) bond motifs is 3. The molecular formula is C23H18N6OS. The number of hydrogen-bond donors (Lipinski definition) is 1. The molecule has 0 radical (unpaired) electrons. The molecule has 0 fully saturated rings. The first-order chi connectivity index (χ1) is 15.1. The molecule has 3 aromatic heterocycles. The van der Waals surface area contributed by atoms with Crippen LogP contribution < -0.4 is 5.32 Å². The van der Waals surface area contributed by atoms with Gasteiger partial charge in [-0.3, -0.25) is 9.78 Å². The summed E-state index contributed by atoms with van der Waals surface area (Å²) >= 11 is 1.47. The number of amides is 1. The highest BCUT2D eigenvalue weighted by Crippen LogP contribution is 2.44. The summed E-state index contributed by atoms with van der Waals surface area (Å²) in [5.41, 5.74) is 6.88. The van der Waals surface area contributed by atoms with Gasteiger partial charge in [-0.05, 0) is 42.7 Å². The number of nitriles is 1. The average Bonchev–Trinajstić information content (AvgIpc) is 3.35. The average molecular weight is 427 g/mol. The van der Waals surface area contributed by atoms with Gasteiger partial charge >= 0.3 is 0 Å². The van der Waals surface area contributed by atoms with Gasteiger partial charge in [-0.2, -0.15) is 10.4 Å². The van der Waals surface area contributed by atoms with Crippen LogP contribution in [0.2, 0.25) is 0 Å². The fraction of sp³-hybridized carbons (Fsp3) is 0.174. The summed E-state index contributed by atoms with van der Waals surface area (Å²) in [4.78, 5) is 21.5. The minimum absolute atomic E-state index is 0.135. The normalized spacial score (nSPS) is 12.0. The van der Waals surface area contributed by atoms with Crippen molar-refractivity contribution in [1.82, 2.24) is 19.7 Å². The number of thiazole rings is 1. The predicted octanol–water partition coefficient (Wildman–Crippen LogP) is 4.18. The molecule has 1 N–H and O–H groups in total. The Kier molecular flexibility index (Phi) is 4.81. The molecule has 0 unspecified atom stereocenters. The number of aryl methyl sites for hydroxylation is 1. The Morgan fingerprint density at radius 2 is 2.10 bits per heavy atom. The van der Waals surface area contributed by atoms with E-state index in [2.05, 4.69) is 21.4 Å². The van der Waals surface area contributed by atoms with Crippen molar-refractivity contribution in [2.45, 2.75) is 26.2 Å². The number of hydrogen-bond acceptors (Lipinski definition) is 6. The number of nitrogens with one attached hydrogen (secondary N) is 1. The van der Waals surface area contributed by atoms with Crippen molar-refractivity contribution in [2.24, 2.45) is 0 Å². The smallest absolute Gasteiger partial charge is 0.223 e. The van der Waals surface area contributed by atoms with Gasteiger partial charge in [0.2, 0.25) is 5.91 Å². The summed E-state index contributed by atoms with van der Waals surface area (Å²) < 4.78 is 1.95. The second kappa shape index (κ2) is 7.78. The van der Waals surface area contributed by atoms with Gasteiger partial charge in [0.25, 0.3) is 0 Å². The lowest BCUT2D eigenvalue weighted by atomic mass is 9.95. The van der Waals surface area contributed by atoms with Gasteiger partial charge in [-0.15, -0.1) is 0 Å². The van der Waals surface area contributed by atoms with Crippen molar-refractivity contribution in [2.75, 3.05) is 5.32 Å². The van der Waals surface area contributed by atoms with E-state index >= 15 is 0 Å². The van der Waals surface area contributed by atoms with E-state index in [1.54, 1.807) is 6.20 Å². The van der Waals surface area contributed by atoms with Crippen molar-refractivity contribution in [3.63, 3.8) is 0 Å². The molecular weight excluding hydrogens is 408 g/mol. The third-order valence-electron chi connectivity index (χ3n) is 5.19. The van der Waals surface area contributed by atoms with Crippen LogP contribution in [-0.2, 0) is 24.1 Å². The Labute approximate surface area is 183 Å². The number of anilines is 1. The Balaban J connectivity index is 1.70. The predicted molar refractivity (Wildman–Crippen MR) is 119 cm³/mol. The minimum atomic E-state index is -0.135. The molecule has 5 rings (SSSR count). The summed E-state index contributed by atoms with van der Waals surface area (Å²) in [6, 6.07) is 14.0. The van der Waals surface area contributed by atoms with E-state index in [4.69, 9.17) is 10.4 Å². The summed E-state index contributed by atoms with van der Waals surface area (Å²) in [5, 5.41) is 17.4. The van der Waals surface area contributed by atoms with Crippen LogP contribution in [0.4, 0.5) is 5.13 Å². The SMILES string of the molecule is CC(=O)Nc1nc2c(s1)-c1c(c(-c3cccnc3)nn1-c1ccc(CC#N)cc1)CC2. The van der Waals surface area contributed by atoms with Gasteiger partial charge in [0.05, 0.1) is 40.1 Å². The molecule has 0 atom stereocenters. The molecule has 7 nitrogen and oxygen atoms in total. The van der Waals surface area contributed by atoms with Gasteiger partial charge in [0.1, 0.15) is 0 Å². The molecule has 4 aromatic rings. The Morgan fingerprint density at radius 3 is 2.81 bits per heavy atom. The highest BCUT2D eigenvalue weighted by Gasteiger charge is 2.29. The molecule has 152 valence electrons. The maximum absolute atomic E-state index is 11.5. The number of pyridine rings is 1. The first-order valence-electron chi connectivity index (χ1n) is 9.90. The zero-order valence-electron chi connectivity index (χ0n) is 16.8. The van der Waals surface area contributed by atoms with Gasteiger partial charge < -0.3 is 5.32 Å². The highest BCUT2D eigenvalue weighted by molar-refractivity contribution is 7.19. The maximum Gasteiger partial charge on any atom is 0.223 e. The first kappa shape index (κ1) is 19.2. The molecule has 1 aliphatic rings. The molecule has 0 saturated carbocycles. The molecule has 31 heavy (non-hydrogen) atoms. The van der Waals surface area contributed by atoms with Crippen LogP contribution in [0.5, 0.6) is 0 Å². The zero-order valence-corrected chi connectivity index (χ0v) is 17.6. The fourth-order valence-corrected chi connectivity index (χ4v) is 4.96. The maximum atomic E-state index is 11.5. The Hall–Kier alpha value is -3.83. The summed E-state index contributed by atoms with van der Waals surface area (Å²) in [6.45, 7) is 1.49. The molecule has 3 heterocycles. The van der Waals surface area contributed by atoms with E-state index in [0.29, 0.717) is 11.6 Å². The van der Waals surface area contributed by atoms with Gasteiger partial charge in [0, 0.05) is 30.4 Å². The largest absolute Gasteiger partial charge is 0.302 e. The Morgan fingerprint density at radius 1 is 1.26 bits per heavy atom. The summed E-state index contributed by atoms with van der Waals surface area (Å²) in [7, 11) is 0. The molecule has 0 aliphatic heterocycles. The standard InChI is InChI=1S/C23H18N6OS/c1-14(30)26-23-27-19-9-8-18-20(16-3-2-12-25-13-16)28-29(21(18)22(19)31-23)17-6-4-15(5-7-17)10-11-24/h2-7,12-13H,8-10H2,1H3,(H,26,27,30).